The number of benzene rings is 2. The van der Waals surface area contributed by atoms with Crippen molar-refractivity contribution in [3.05, 3.63) is 65.5 Å². The summed E-state index contributed by atoms with van der Waals surface area (Å²) >= 11 is 1.22. The Labute approximate surface area is 131 Å². The Morgan fingerprint density at radius 3 is 2.18 bits per heavy atom. The number of rotatable bonds is 4. The summed E-state index contributed by atoms with van der Waals surface area (Å²) in [6.07, 6.45) is 0. The van der Waals surface area contributed by atoms with Gasteiger partial charge >= 0.3 is 0 Å². The number of aromatic nitrogens is 1. The summed E-state index contributed by atoms with van der Waals surface area (Å²) in [5.41, 5.74) is 7.46. The normalized spacial score (nSPS) is 10.2. The number of amides is 1. The number of nitrogens with one attached hydrogen (secondary N) is 2. The lowest BCUT2D eigenvalue weighted by molar-refractivity contribution is 0.103. The van der Waals surface area contributed by atoms with Gasteiger partial charge in [-0.05, 0) is 24.3 Å². The molecule has 0 aliphatic rings. The molecule has 0 bridgehead atoms. The summed E-state index contributed by atoms with van der Waals surface area (Å²) in [4.78, 5) is 16.8. The Bertz CT molecular complexity index is 771. The first-order chi connectivity index (χ1) is 10.7. The predicted molar refractivity (Wildman–Crippen MR) is 90.6 cm³/mol. The molecule has 3 aromatic rings. The van der Waals surface area contributed by atoms with E-state index in [0.717, 1.165) is 11.4 Å². The standard InChI is InChI=1S/C16H14N4OS/c17-14-13(15(21)18-11-7-3-1-4-8-11)22-16(20-14)19-12-9-5-2-6-10-12/h1-10H,17H2,(H,18,21)(H,19,20). The highest BCUT2D eigenvalue weighted by Gasteiger charge is 2.16. The molecule has 0 aliphatic heterocycles. The average Bonchev–Trinajstić information content (AvgIpc) is 2.90. The third-order valence-electron chi connectivity index (χ3n) is 2.92. The minimum atomic E-state index is -0.262. The van der Waals surface area contributed by atoms with Gasteiger partial charge in [0, 0.05) is 11.4 Å². The van der Waals surface area contributed by atoms with Gasteiger partial charge in [-0.3, -0.25) is 4.79 Å². The fourth-order valence-electron chi connectivity index (χ4n) is 1.90. The van der Waals surface area contributed by atoms with Crippen LogP contribution in [0.25, 0.3) is 0 Å². The number of nitrogen functional groups attached to an aromatic ring is 1. The zero-order valence-corrected chi connectivity index (χ0v) is 12.4. The molecule has 1 aromatic heterocycles. The predicted octanol–water partition coefficient (Wildman–Crippen LogP) is 3.72. The second-order valence-electron chi connectivity index (χ2n) is 4.54. The lowest BCUT2D eigenvalue weighted by Crippen LogP contribution is -2.11. The maximum atomic E-state index is 12.3. The minimum absolute atomic E-state index is 0.219. The van der Waals surface area contributed by atoms with Crippen molar-refractivity contribution in [2.45, 2.75) is 0 Å². The van der Waals surface area contributed by atoms with Crippen LogP contribution in [0.1, 0.15) is 9.67 Å². The molecule has 0 fully saturated rings. The van der Waals surface area contributed by atoms with Gasteiger partial charge in [-0.15, -0.1) is 0 Å². The number of carbonyl (C=O) groups is 1. The number of nitrogens with two attached hydrogens (primary N) is 1. The van der Waals surface area contributed by atoms with Crippen molar-refractivity contribution in [3.8, 4) is 0 Å². The molecule has 3 rings (SSSR count). The number of hydrogen-bond acceptors (Lipinski definition) is 5. The molecule has 6 heteroatoms. The van der Waals surface area contributed by atoms with E-state index in [1.807, 2.05) is 60.7 Å². The van der Waals surface area contributed by atoms with Crippen LogP contribution in [0.5, 0.6) is 0 Å². The first-order valence-corrected chi connectivity index (χ1v) is 7.49. The second-order valence-corrected chi connectivity index (χ2v) is 5.54. The highest BCUT2D eigenvalue weighted by molar-refractivity contribution is 7.18. The van der Waals surface area contributed by atoms with Crippen LogP contribution in [0.4, 0.5) is 22.3 Å². The van der Waals surface area contributed by atoms with Crippen molar-refractivity contribution in [2.24, 2.45) is 0 Å². The van der Waals surface area contributed by atoms with E-state index in [1.54, 1.807) is 0 Å². The van der Waals surface area contributed by atoms with E-state index in [-0.39, 0.29) is 11.7 Å². The van der Waals surface area contributed by atoms with Crippen molar-refractivity contribution < 1.29 is 4.79 Å². The Kier molecular flexibility index (Phi) is 4.02. The Hall–Kier alpha value is -2.86. The summed E-state index contributed by atoms with van der Waals surface area (Å²) in [6, 6.07) is 18.8. The molecule has 0 unspecified atom stereocenters. The molecule has 0 spiro atoms. The van der Waals surface area contributed by atoms with Gasteiger partial charge in [0.15, 0.2) is 5.13 Å². The molecule has 5 nitrogen and oxygen atoms in total. The molecular formula is C16H14N4OS. The smallest absolute Gasteiger partial charge is 0.269 e. The maximum absolute atomic E-state index is 12.3. The SMILES string of the molecule is Nc1nc(Nc2ccccc2)sc1C(=O)Nc1ccccc1. The summed E-state index contributed by atoms with van der Waals surface area (Å²) in [5.74, 6) is -0.0424. The molecular weight excluding hydrogens is 296 g/mol. The molecule has 110 valence electrons. The van der Waals surface area contributed by atoms with Gasteiger partial charge in [-0.2, -0.15) is 0 Å². The molecule has 0 radical (unpaired) electrons. The highest BCUT2D eigenvalue weighted by atomic mass is 32.1. The van der Waals surface area contributed by atoms with Crippen LogP contribution >= 0.6 is 11.3 Å². The van der Waals surface area contributed by atoms with E-state index in [0.29, 0.717) is 10.0 Å². The number of thiazole rings is 1. The lowest BCUT2D eigenvalue weighted by atomic mass is 10.3. The molecule has 4 N–H and O–H groups in total. The van der Waals surface area contributed by atoms with Crippen molar-refractivity contribution in [1.82, 2.24) is 4.98 Å². The molecule has 0 aliphatic carbocycles. The largest absolute Gasteiger partial charge is 0.382 e. The topological polar surface area (TPSA) is 80.0 Å². The van der Waals surface area contributed by atoms with Crippen molar-refractivity contribution in [3.63, 3.8) is 0 Å². The molecule has 0 atom stereocenters. The van der Waals surface area contributed by atoms with Crippen LogP contribution in [0.3, 0.4) is 0 Å². The van der Waals surface area contributed by atoms with E-state index in [2.05, 4.69) is 15.6 Å². The van der Waals surface area contributed by atoms with Crippen molar-refractivity contribution >= 4 is 39.6 Å². The quantitative estimate of drug-likeness (QED) is 0.686. The van der Waals surface area contributed by atoms with Gasteiger partial charge in [0.05, 0.1) is 0 Å². The zero-order valence-electron chi connectivity index (χ0n) is 11.6. The maximum Gasteiger partial charge on any atom is 0.269 e. The van der Waals surface area contributed by atoms with Crippen molar-refractivity contribution in [1.29, 1.82) is 0 Å². The van der Waals surface area contributed by atoms with E-state index in [1.165, 1.54) is 11.3 Å². The van der Waals surface area contributed by atoms with Crippen LogP contribution in [-0.2, 0) is 0 Å². The summed E-state index contributed by atoms with van der Waals surface area (Å²) < 4.78 is 0. The van der Waals surface area contributed by atoms with Crippen LogP contribution < -0.4 is 16.4 Å². The fourth-order valence-corrected chi connectivity index (χ4v) is 2.70. The van der Waals surface area contributed by atoms with Gasteiger partial charge in [-0.25, -0.2) is 4.98 Å². The van der Waals surface area contributed by atoms with Crippen LogP contribution in [0, 0.1) is 0 Å². The van der Waals surface area contributed by atoms with Crippen LogP contribution in [0.2, 0.25) is 0 Å². The summed E-state index contributed by atoms with van der Waals surface area (Å²) in [7, 11) is 0. The Morgan fingerprint density at radius 2 is 1.55 bits per heavy atom. The van der Waals surface area contributed by atoms with Gasteiger partial charge < -0.3 is 16.4 Å². The van der Waals surface area contributed by atoms with Crippen LogP contribution in [0.15, 0.2) is 60.7 Å². The van der Waals surface area contributed by atoms with Gasteiger partial charge in [-0.1, -0.05) is 47.7 Å². The highest BCUT2D eigenvalue weighted by Crippen LogP contribution is 2.28. The molecule has 0 saturated carbocycles. The third kappa shape index (κ3) is 3.24. The second kappa shape index (κ2) is 6.28. The molecule has 1 heterocycles. The summed E-state index contributed by atoms with van der Waals surface area (Å²) in [5, 5.41) is 6.52. The third-order valence-corrected chi connectivity index (χ3v) is 3.90. The first kappa shape index (κ1) is 14.1. The fraction of sp³-hybridized carbons (Fsp3) is 0. The average molecular weight is 310 g/mol. The van der Waals surface area contributed by atoms with Gasteiger partial charge in [0.25, 0.3) is 5.91 Å². The molecule has 22 heavy (non-hydrogen) atoms. The van der Waals surface area contributed by atoms with Crippen LogP contribution in [-0.4, -0.2) is 10.9 Å². The van der Waals surface area contributed by atoms with Gasteiger partial charge in [0.2, 0.25) is 0 Å². The van der Waals surface area contributed by atoms with Gasteiger partial charge in [0.1, 0.15) is 10.7 Å². The zero-order chi connectivity index (χ0) is 15.4. The Morgan fingerprint density at radius 1 is 0.955 bits per heavy atom. The number of hydrogen-bond donors (Lipinski definition) is 3. The Balaban J connectivity index is 1.76. The van der Waals surface area contributed by atoms with E-state index >= 15 is 0 Å². The van der Waals surface area contributed by atoms with E-state index in [4.69, 9.17) is 5.73 Å². The van der Waals surface area contributed by atoms with E-state index in [9.17, 15) is 4.79 Å². The first-order valence-electron chi connectivity index (χ1n) is 6.67. The van der Waals surface area contributed by atoms with Crippen molar-refractivity contribution in [2.75, 3.05) is 16.4 Å². The molecule has 2 aromatic carbocycles. The number of para-hydroxylation sites is 2. The monoisotopic (exact) mass is 310 g/mol. The molecule has 1 amide bonds. The number of carbonyl (C=O) groups excluding carboxylic acids is 1. The minimum Gasteiger partial charge on any atom is -0.382 e. The van der Waals surface area contributed by atoms with E-state index < -0.39 is 0 Å². The summed E-state index contributed by atoms with van der Waals surface area (Å²) in [6.45, 7) is 0. The number of nitrogens with zero attached hydrogens (tertiary/aromatic N) is 1. The molecule has 0 saturated heterocycles. The lowest BCUT2D eigenvalue weighted by Gasteiger charge is -2.02. The number of anilines is 4.